The highest BCUT2D eigenvalue weighted by Gasteiger charge is 2.17. The smallest absolute Gasteiger partial charge is 0.261 e. The van der Waals surface area contributed by atoms with Gasteiger partial charge in [-0.2, -0.15) is 0 Å². The van der Waals surface area contributed by atoms with E-state index in [2.05, 4.69) is 15.6 Å². The van der Waals surface area contributed by atoms with Crippen molar-refractivity contribution >= 4 is 45.7 Å². The number of hydrogen-bond acceptors (Lipinski definition) is 7. The number of carbonyl (C=O) groups excluding carboxylic acids is 2. The van der Waals surface area contributed by atoms with Crippen LogP contribution in [0.1, 0.15) is 32.7 Å². The molecular formula is C30H31ClN4O6. The van der Waals surface area contributed by atoms with Gasteiger partial charge in [0.05, 0.1) is 29.9 Å². The van der Waals surface area contributed by atoms with Crippen LogP contribution in [-0.2, 0) is 11.2 Å². The highest BCUT2D eigenvalue weighted by Crippen LogP contribution is 2.32. The lowest BCUT2D eigenvalue weighted by molar-refractivity contribution is 0.0951. The maximum atomic E-state index is 13.1. The maximum Gasteiger partial charge on any atom is 0.261 e. The fourth-order valence-corrected chi connectivity index (χ4v) is 4.35. The Morgan fingerprint density at radius 1 is 0.976 bits per heavy atom. The average Bonchev–Trinajstić information content (AvgIpc) is 2.96. The summed E-state index contributed by atoms with van der Waals surface area (Å²) in [4.78, 5) is 41.3. The number of methoxy groups -OCH3 is 2. The van der Waals surface area contributed by atoms with Crippen molar-refractivity contribution in [3.63, 3.8) is 0 Å². The van der Waals surface area contributed by atoms with Gasteiger partial charge in [-0.05, 0) is 60.9 Å². The van der Waals surface area contributed by atoms with E-state index in [0.29, 0.717) is 53.4 Å². The molecule has 214 valence electrons. The first-order chi connectivity index (χ1) is 19.8. The van der Waals surface area contributed by atoms with Crippen molar-refractivity contribution in [2.24, 2.45) is 0 Å². The van der Waals surface area contributed by atoms with Crippen molar-refractivity contribution in [2.75, 3.05) is 45.0 Å². The van der Waals surface area contributed by atoms with Crippen molar-refractivity contribution in [3.8, 4) is 11.5 Å². The molecule has 0 saturated heterocycles. The van der Waals surface area contributed by atoms with Gasteiger partial charge < -0.3 is 35.6 Å². The van der Waals surface area contributed by atoms with Gasteiger partial charge in [-0.25, -0.2) is 0 Å². The van der Waals surface area contributed by atoms with Gasteiger partial charge >= 0.3 is 0 Å². The third kappa shape index (κ3) is 7.56. The molecule has 2 amide bonds. The van der Waals surface area contributed by atoms with Crippen LogP contribution in [0.2, 0.25) is 5.02 Å². The summed E-state index contributed by atoms with van der Waals surface area (Å²) in [6, 6.07) is 16.9. The zero-order valence-corrected chi connectivity index (χ0v) is 23.5. The summed E-state index contributed by atoms with van der Waals surface area (Å²) in [5.41, 5.74) is 7.83. The number of amides is 2. The molecule has 1 aromatic heterocycles. The summed E-state index contributed by atoms with van der Waals surface area (Å²) in [6.45, 7) is 1.12. The molecule has 0 aliphatic heterocycles. The molecule has 0 bridgehead atoms. The summed E-state index contributed by atoms with van der Waals surface area (Å²) in [5.74, 6) is -0.145. The molecule has 4 rings (SSSR count). The molecule has 41 heavy (non-hydrogen) atoms. The van der Waals surface area contributed by atoms with Gasteiger partial charge in [0.15, 0.2) is 11.5 Å². The first kappa shape index (κ1) is 29.4. The minimum atomic E-state index is -0.688. The molecule has 0 spiro atoms. The van der Waals surface area contributed by atoms with Crippen LogP contribution in [0.3, 0.4) is 0 Å². The number of carbonyl (C=O) groups is 2. The van der Waals surface area contributed by atoms with Gasteiger partial charge in [0.2, 0.25) is 0 Å². The molecule has 5 N–H and O–H groups in total. The number of pyridine rings is 1. The minimum absolute atomic E-state index is 0.141. The molecule has 0 aliphatic carbocycles. The second-order valence-corrected chi connectivity index (χ2v) is 9.60. The lowest BCUT2D eigenvalue weighted by atomic mass is 10.1. The lowest BCUT2D eigenvalue weighted by Gasteiger charge is -2.13. The molecule has 4 aromatic rings. The summed E-state index contributed by atoms with van der Waals surface area (Å²) in [6.07, 6.45) is 1.49. The Hall–Kier alpha value is -4.54. The summed E-state index contributed by atoms with van der Waals surface area (Å²) >= 11 is 6.31. The monoisotopic (exact) mass is 578 g/mol. The SMILES string of the molecule is COCCOc1cc2cc(C(=O)Nc3cc(C(=O)NCCCc4cccc(N)c4)ccc3Cl)c(=O)[nH]c2cc1OC. The third-order valence-corrected chi connectivity index (χ3v) is 6.60. The second kappa shape index (κ2) is 13.7. The molecule has 10 nitrogen and oxygen atoms in total. The van der Waals surface area contributed by atoms with E-state index in [-0.39, 0.29) is 22.2 Å². The number of anilines is 2. The Labute approximate surface area is 241 Å². The molecule has 11 heteroatoms. The molecule has 0 fully saturated rings. The summed E-state index contributed by atoms with van der Waals surface area (Å²) in [7, 11) is 3.05. The molecular weight excluding hydrogens is 548 g/mol. The number of nitrogens with two attached hydrogens (primary N) is 1. The highest BCUT2D eigenvalue weighted by atomic mass is 35.5. The van der Waals surface area contributed by atoms with E-state index in [1.54, 1.807) is 25.3 Å². The van der Waals surface area contributed by atoms with Crippen LogP contribution in [0.15, 0.2) is 65.5 Å². The number of hydrogen-bond donors (Lipinski definition) is 4. The number of rotatable bonds is 12. The quantitative estimate of drug-likeness (QED) is 0.144. The van der Waals surface area contributed by atoms with Crippen LogP contribution in [0.25, 0.3) is 10.9 Å². The van der Waals surface area contributed by atoms with Crippen LogP contribution >= 0.6 is 11.6 Å². The molecule has 0 saturated carbocycles. The van der Waals surface area contributed by atoms with Crippen LogP contribution in [0.4, 0.5) is 11.4 Å². The zero-order chi connectivity index (χ0) is 29.4. The highest BCUT2D eigenvalue weighted by molar-refractivity contribution is 6.34. The van der Waals surface area contributed by atoms with Crippen molar-refractivity contribution in [2.45, 2.75) is 12.8 Å². The van der Waals surface area contributed by atoms with Gasteiger partial charge in [0.25, 0.3) is 17.4 Å². The third-order valence-electron chi connectivity index (χ3n) is 6.27. The van der Waals surface area contributed by atoms with E-state index in [1.165, 1.54) is 25.3 Å². The average molecular weight is 579 g/mol. The topological polar surface area (TPSA) is 145 Å². The van der Waals surface area contributed by atoms with Crippen molar-refractivity contribution in [1.29, 1.82) is 0 Å². The number of halogens is 1. The number of aromatic amines is 1. The van der Waals surface area contributed by atoms with E-state index in [0.717, 1.165) is 18.4 Å². The van der Waals surface area contributed by atoms with Crippen molar-refractivity contribution in [3.05, 3.63) is 92.7 Å². The van der Waals surface area contributed by atoms with Gasteiger partial charge in [-0.1, -0.05) is 23.7 Å². The second-order valence-electron chi connectivity index (χ2n) is 9.20. The minimum Gasteiger partial charge on any atom is -0.493 e. The van der Waals surface area contributed by atoms with Gasteiger partial charge in [-0.15, -0.1) is 0 Å². The molecule has 0 radical (unpaired) electrons. The Kier molecular flexibility index (Phi) is 9.83. The van der Waals surface area contributed by atoms with Gasteiger partial charge in [-0.3, -0.25) is 14.4 Å². The maximum absolute atomic E-state index is 13.1. The number of benzene rings is 3. The molecule has 0 unspecified atom stereocenters. The van der Waals surface area contributed by atoms with Crippen LogP contribution in [-0.4, -0.2) is 50.8 Å². The molecule has 3 aromatic carbocycles. The van der Waals surface area contributed by atoms with E-state index in [9.17, 15) is 14.4 Å². The predicted octanol–water partition coefficient (Wildman–Crippen LogP) is 4.41. The first-order valence-corrected chi connectivity index (χ1v) is 13.3. The molecule has 0 atom stereocenters. The van der Waals surface area contributed by atoms with E-state index in [4.69, 9.17) is 31.5 Å². The Balaban J connectivity index is 1.46. The number of ether oxygens (including phenoxy) is 3. The normalized spacial score (nSPS) is 10.8. The fourth-order valence-electron chi connectivity index (χ4n) is 4.19. The van der Waals surface area contributed by atoms with Crippen LogP contribution < -0.4 is 31.4 Å². The standard InChI is InChI=1S/C30H31ClN4O6/c1-39-11-12-41-27-16-20-14-22(29(37)34-24(20)17-26(27)40-2)30(38)35-25-15-19(8-9-23(25)31)28(36)33-10-4-6-18-5-3-7-21(32)13-18/h3,5,7-9,13-17H,4,6,10-12,32H2,1-2H3,(H,33,36)(H,34,37)(H,35,38). The summed E-state index contributed by atoms with van der Waals surface area (Å²) < 4.78 is 16.1. The fraction of sp³-hybridized carbons (Fsp3) is 0.233. The van der Waals surface area contributed by atoms with Crippen molar-refractivity contribution < 1.29 is 23.8 Å². The number of nitrogens with one attached hydrogen (secondary N) is 3. The number of nitrogen functional groups attached to an aromatic ring is 1. The van der Waals surface area contributed by atoms with Gasteiger partial charge in [0, 0.05) is 36.4 Å². The Bertz CT molecular complexity index is 1620. The molecule has 1 heterocycles. The van der Waals surface area contributed by atoms with E-state index >= 15 is 0 Å². The van der Waals surface area contributed by atoms with Crippen molar-refractivity contribution in [1.82, 2.24) is 10.3 Å². The van der Waals surface area contributed by atoms with E-state index < -0.39 is 11.5 Å². The predicted molar refractivity (Wildman–Crippen MR) is 159 cm³/mol. The lowest BCUT2D eigenvalue weighted by Crippen LogP contribution is -2.25. The number of aryl methyl sites for hydroxylation is 1. The summed E-state index contributed by atoms with van der Waals surface area (Å²) in [5, 5.41) is 6.28. The number of H-pyrrole nitrogens is 1. The zero-order valence-electron chi connectivity index (χ0n) is 22.7. The Morgan fingerprint density at radius 2 is 1.80 bits per heavy atom. The molecule has 0 aliphatic rings. The first-order valence-electron chi connectivity index (χ1n) is 12.9. The van der Waals surface area contributed by atoms with E-state index in [1.807, 2.05) is 24.3 Å². The Morgan fingerprint density at radius 3 is 2.56 bits per heavy atom. The number of fused-ring (bicyclic) bond motifs is 1. The number of aromatic nitrogens is 1. The van der Waals surface area contributed by atoms with Gasteiger partial charge in [0.1, 0.15) is 12.2 Å². The van der Waals surface area contributed by atoms with Crippen LogP contribution in [0, 0.1) is 0 Å². The van der Waals surface area contributed by atoms with Crippen LogP contribution in [0.5, 0.6) is 11.5 Å². The largest absolute Gasteiger partial charge is 0.493 e.